The van der Waals surface area contributed by atoms with Crippen LogP contribution in [0.3, 0.4) is 0 Å². The number of aliphatic carboxylic acids is 1. The van der Waals surface area contributed by atoms with Gasteiger partial charge in [-0.15, -0.1) is 0 Å². The molecular formula is C12H13BrClNO4. The Morgan fingerprint density at radius 2 is 2.16 bits per heavy atom. The van der Waals surface area contributed by atoms with Gasteiger partial charge >= 0.3 is 5.97 Å². The summed E-state index contributed by atoms with van der Waals surface area (Å²) in [5.41, 5.74) is 0.258. The number of ether oxygens (including phenoxy) is 1. The van der Waals surface area contributed by atoms with Gasteiger partial charge in [-0.05, 0) is 28.1 Å². The lowest BCUT2D eigenvalue weighted by Crippen LogP contribution is -2.38. The fourth-order valence-electron chi connectivity index (χ4n) is 1.46. The van der Waals surface area contributed by atoms with Crippen LogP contribution < -0.4 is 0 Å². The van der Waals surface area contributed by atoms with Crippen molar-refractivity contribution in [1.29, 1.82) is 0 Å². The first kappa shape index (κ1) is 15.9. The molecule has 0 aliphatic rings. The summed E-state index contributed by atoms with van der Waals surface area (Å²) in [6.45, 7) is 0.0418. The summed E-state index contributed by atoms with van der Waals surface area (Å²) in [5, 5.41) is 9.09. The van der Waals surface area contributed by atoms with E-state index in [0.29, 0.717) is 4.47 Å². The van der Waals surface area contributed by atoms with E-state index in [2.05, 4.69) is 15.9 Å². The van der Waals surface area contributed by atoms with E-state index in [1.807, 2.05) is 0 Å². The Morgan fingerprint density at radius 1 is 1.47 bits per heavy atom. The van der Waals surface area contributed by atoms with Crippen LogP contribution in [-0.2, 0) is 9.53 Å². The molecule has 0 aromatic heterocycles. The Kier molecular flexibility index (Phi) is 6.27. The third kappa shape index (κ3) is 4.49. The van der Waals surface area contributed by atoms with Gasteiger partial charge in [-0.2, -0.15) is 0 Å². The Balaban J connectivity index is 2.97. The van der Waals surface area contributed by atoms with Gasteiger partial charge < -0.3 is 14.7 Å². The molecule has 1 N–H and O–H groups in total. The van der Waals surface area contributed by atoms with E-state index in [1.165, 1.54) is 12.0 Å². The van der Waals surface area contributed by atoms with Gasteiger partial charge in [0.15, 0.2) is 0 Å². The molecule has 0 aliphatic heterocycles. The zero-order valence-corrected chi connectivity index (χ0v) is 12.6. The number of benzene rings is 1. The van der Waals surface area contributed by atoms with Crippen molar-refractivity contribution in [2.24, 2.45) is 0 Å². The number of carbonyl (C=O) groups is 2. The summed E-state index contributed by atoms with van der Waals surface area (Å²) in [6.07, 6.45) is 0. The highest BCUT2D eigenvalue weighted by Gasteiger charge is 2.21. The average Bonchev–Trinajstić information content (AvgIpc) is 2.36. The van der Waals surface area contributed by atoms with E-state index < -0.39 is 18.4 Å². The highest BCUT2D eigenvalue weighted by atomic mass is 79.9. The molecule has 0 radical (unpaired) electrons. The molecule has 0 fully saturated rings. The molecule has 0 unspecified atom stereocenters. The van der Waals surface area contributed by atoms with Gasteiger partial charge in [-0.1, -0.05) is 17.7 Å². The maximum Gasteiger partial charge on any atom is 0.323 e. The molecule has 5 nitrogen and oxygen atoms in total. The van der Waals surface area contributed by atoms with E-state index >= 15 is 0 Å². The third-order valence-corrected chi connectivity index (χ3v) is 3.66. The number of amides is 1. The Morgan fingerprint density at radius 3 is 2.74 bits per heavy atom. The van der Waals surface area contributed by atoms with Crippen LogP contribution in [0.4, 0.5) is 0 Å². The number of carbonyl (C=O) groups excluding carboxylic acids is 1. The lowest BCUT2D eigenvalue weighted by Gasteiger charge is -2.21. The molecule has 7 heteroatoms. The van der Waals surface area contributed by atoms with Crippen LogP contribution in [0, 0.1) is 0 Å². The van der Waals surface area contributed by atoms with E-state index in [1.54, 1.807) is 18.2 Å². The predicted octanol–water partition coefficient (Wildman–Crippen LogP) is 2.28. The monoisotopic (exact) mass is 349 g/mol. The molecule has 0 heterocycles. The number of carboxylic acids is 1. The van der Waals surface area contributed by atoms with Crippen LogP contribution in [-0.4, -0.2) is 48.7 Å². The van der Waals surface area contributed by atoms with Gasteiger partial charge in [0.2, 0.25) is 0 Å². The smallest absolute Gasteiger partial charge is 0.323 e. The first-order chi connectivity index (χ1) is 8.97. The number of hydrogen-bond donors (Lipinski definition) is 1. The summed E-state index contributed by atoms with van der Waals surface area (Å²) >= 11 is 9.25. The number of halogens is 2. The van der Waals surface area contributed by atoms with Crippen molar-refractivity contribution in [3.8, 4) is 0 Å². The first-order valence-corrected chi connectivity index (χ1v) is 6.58. The van der Waals surface area contributed by atoms with Gasteiger partial charge in [0.05, 0.1) is 17.2 Å². The number of rotatable bonds is 6. The molecule has 0 spiro atoms. The van der Waals surface area contributed by atoms with E-state index in [0.717, 1.165) is 0 Å². The molecule has 1 aromatic rings. The summed E-state index contributed by atoms with van der Waals surface area (Å²) in [5.74, 6) is -1.53. The van der Waals surface area contributed by atoms with Crippen LogP contribution >= 0.6 is 27.5 Å². The second kappa shape index (κ2) is 7.47. The second-order valence-electron chi connectivity index (χ2n) is 3.71. The Hall–Kier alpha value is -1.11. The summed E-state index contributed by atoms with van der Waals surface area (Å²) in [4.78, 5) is 24.2. The summed E-state index contributed by atoms with van der Waals surface area (Å²) < 4.78 is 5.45. The lowest BCUT2D eigenvalue weighted by atomic mass is 10.2. The Labute approximate surface area is 124 Å². The topological polar surface area (TPSA) is 66.8 Å². The van der Waals surface area contributed by atoms with E-state index in [9.17, 15) is 9.59 Å². The van der Waals surface area contributed by atoms with Crippen LogP contribution in [0.1, 0.15) is 10.4 Å². The zero-order valence-electron chi connectivity index (χ0n) is 10.2. The molecule has 0 atom stereocenters. The van der Waals surface area contributed by atoms with E-state index in [-0.39, 0.29) is 23.7 Å². The van der Waals surface area contributed by atoms with Gasteiger partial charge in [-0.25, -0.2) is 0 Å². The van der Waals surface area contributed by atoms with Gasteiger partial charge in [0.1, 0.15) is 6.54 Å². The van der Waals surface area contributed by atoms with Crippen molar-refractivity contribution in [1.82, 2.24) is 4.90 Å². The van der Waals surface area contributed by atoms with Crippen molar-refractivity contribution in [3.05, 3.63) is 33.3 Å². The molecule has 1 amide bonds. The van der Waals surface area contributed by atoms with Crippen LogP contribution in [0.5, 0.6) is 0 Å². The van der Waals surface area contributed by atoms with Crippen molar-refractivity contribution in [2.45, 2.75) is 0 Å². The minimum Gasteiger partial charge on any atom is -0.480 e. The van der Waals surface area contributed by atoms with Crippen molar-refractivity contribution < 1.29 is 19.4 Å². The largest absolute Gasteiger partial charge is 0.480 e. The van der Waals surface area contributed by atoms with Crippen LogP contribution in [0.2, 0.25) is 5.02 Å². The third-order valence-electron chi connectivity index (χ3n) is 2.36. The number of nitrogens with zero attached hydrogens (tertiary/aromatic N) is 1. The fourth-order valence-corrected chi connectivity index (χ4v) is 2.03. The fraction of sp³-hybridized carbons (Fsp3) is 0.333. The minimum absolute atomic E-state index is 0.185. The zero-order chi connectivity index (χ0) is 14.4. The highest BCUT2D eigenvalue weighted by Crippen LogP contribution is 2.26. The van der Waals surface area contributed by atoms with Crippen molar-refractivity contribution >= 4 is 39.4 Å². The van der Waals surface area contributed by atoms with Gasteiger partial charge in [-0.3, -0.25) is 9.59 Å². The van der Waals surface area contributed by atoms with Crippen LogP contribution in [0.25, 0.3) is 0 Å². The number of carboxylic acid groups (broad SMARTS) is 1. The molecule has 0 bridgehead atoms. The van der Waals surface area contributed by atoms with Crippen LogP contribution in [0.15, 0.2) is 22.7 Å². The molecule has 1 rings (SSSR count). The lowest BCUT2D eigenvalue weighted by molar-refractivity contribution is -0.137. The summed E-state index contributed by atoms with van der Waals surface area (Å²) in [6, 6.07) is 4.92. The molecule has 0 aliphatic carbocycles. The molecule has 0 saturated heterocycles. The highest BCUT2D eigenvalue weighted by molar-refractivity contribution is 9.10. The maximum absolute atomic E-state index is 12.3. The normalized spacial score (nSPS) is 10.3. The summed E-state index contributed by atoms with van der Waals surface area (Å²) in [7, 11) is 1.48. The SMILES string of the molecule is COCCN(CC(=O)O)C(=O)c1cccc(Br)c1Cl. The quantitative estimate of drug-likeness (QED) is 0.855. The molecule has 104 valence electrons. The first-order valence-electron chi connectivity index (χ1n) is 5.41. The predicted molar refractivity (Wildman–Crippen MR) is 74.6 cm³/mol. The molecular weight excluding hydrogens is 337 g/mol. The van der Waals surface area contributed by atoms with Crippen molar-refractivity contribution in [3.63, 3.8) is 0 Å². The van der Waals surface area contributed by atoms with Crippen molar-refractivity contribution in [2.75, 3.05) is 26.8 Å². The minimum atomic E-state index is -1.09. The molecule has 19 heavy (non-hydrogen) atoms. The molecule has 0 saturated carbocycles. The average molecular weight is 351 g/mol. The number of hydrogen-bond acceptors (Lipinski definition) is 3. The Bertz CT molecular complexity index is 481. The van der Waals surface area contributed by atoms with Gasteiger partial charge in [0.25, 0.3) is 5.91 Å². The second-order valence-corrected chi connectivity index (χ2v) is 4.95. The number of methoxy groups -OCH3 is 1. The molecule has 1 aromatic carbocycles. The standard InChI is InChI=1S/C12H13BrClNO4/c1-19-6-5-15(7-10(16)17)12(18)8-3-2-4-9(13)11(8)14/h2-4H,5-7H2,1H3,(H,16,17). The van der Waals surface area contributed by atoms with Gasteiger partial charge in [0, 0.05) is 18.1 Å². The van der Waals surface area contributed by atoms with E-state index in [4.69, 9.17) is 21.4 Å². The maximum atomic E-state index is 12.3.